The van der Waals surface area contributed by atoms with E-state index in [2.05, 4.69) is 16.4 Å². The Morgan fingerprint density at radius 2 is 1.71 bits per heavy atom. The molecule has 3 N–H and O–H groups in total. The molecule has 1 aromatic heterocycles. The van der Waals surface area contributed by atoms with Crippen molar-refractivity contribution in [1.82, 2.24) is 19.8 Å². The highest BCUT2D eigenvalue weighted by Crippen LogP contribution is 2.34. The van der Waals surface area contributed by atoms with Gasteiger partial charge in [-0.15, -0.1) is 0 Å². The van der Waals surface area contributed by atoms with E-state index in [1.54, 1.807) is 38.5 Å². The number of nitrogens with zero attached hydrogens (tertiary/aromatic N) is 4. The van der Waals surface area contributed by atoms with Crippen LogP contribution in [0.1, 0.15) is 47.4 Å². The van der Waals surface area contributed by atoms with Crippen molar-refractivity contribution in [3.63, 3.8) is 0 Å². The molecule has 0 aliphatic carbocycles. The van der Waals surface area contributed by atoms with Crippen LogP contribution < -0.4 is 11.1 Å². The van der Waals surface area contributed by atoms with E-state index >= 15 is 0 Å². The summed E-state index contributed by atoms with van der Waals surface area (Å²) in [5.74, 6) is -0.224. The lowest BCUT2D eigenvalue weighted by Crippen LogP contribution is -2.58. The number of hydrogen-bond donors (Lipinski definition) is 2. The molecule has 4 rings (SSSR count). The van der Waals surface area contributed by atoms with Gasteiger partial charge in [0.05, 0.1) is 35.1 Å². The normalized spacial score (nSPS) is 12.3. The number of benzene rings is 3. The third-order valence-electron chi connectivity index (χ3n) is 7.83. The van der Waals surface area contributed by atoms with Crippen molar-refractivity contribution in [2.24, 2.45) is 11.1 Å². The predicted molar refractivity (Wildman–Crippen MR) is 171 cm³/mol. The van der Waals surface area contributed by atoms with Gasteiger partial charge < -0.3 is 20.5 Å². The molecule has 4 aromatic rings. The standard InChI is InChI=1S/C34H35F3N6OS/c1-33(2,30(44)18-28-20-40-23-42(28)21-26-14-12-25(19-38)13-15-26)31(39)43(22-27-10-6-7-11-29(27)34(35,36)37)32(45)41-17-16-24-8-4-3-5-9-24/h3-15,20,23,31H,16-18,21-22,39H2,1-2H3,(H,41,45). The van der Waals surface area contributed by atoms with E-state index in [0.717, 1.165) is 17.2 Å². The van der Waals surface area contributed by atoms with Crippen LogP contribution in [-0.2, 0) is 36.9 Å². The van der Waals surface area contributed by atoms with Crippen LogP contribution in [-0.4, -0.2) is 38.1 Å². The number of rotatable bonds is 12. The molecular weight excluding hydrogens is 597 g/mol. The first-order valence-electron chi connectivity index (χ1n) is 14.4. The monoisotopic (exact) mass is 632 g/mol. The Labute approximate surface area is 266 Å². The molecule has 0 saturated carbocycles. The second kappa shape index (κ2) is 14.5. The van der Waals surface area contributed by atoms with Crippen LogP contribution in [0.3, 0.4) is 0 Å². The summed E-state index contributed by atoms with van der Waals surface area (Å²) in [4.78, 5) is 19.5. The van der Waals surface area contributed by atoms with Crippen molar-refractivity contribution in [2.45, 2.75) is 52.1 Å². The van der Waals surface area contributed by atoms with Crippen molar-refractivity contribution in [3.05, 3.63) is 125 Å². The number of Topliss-reactive ketones (excluding diaryl/α,β-unsaturated/α-hetero) is 1. The summed E-state index contributed by atoms with van der Waals surface area (Å²) in [6.45, 7) is 3.97. The van der Waals surface area contributed by atoms with Gasteiger partial charge in [-0.05, 0) is 67.4 Å². The van der Waals surface area contributed by atoms with Gasteiger partial charge in [0.25, 0.3) is 0 Å². The molecule has 0 radical (unpaired) electrons. The largest absolute Gasteiger partial charge is 0.416 e. The van der Waals surface area contributed by atoms with Crippen LogP contribution in [0.15, 0.2) is 91.4 Å². The maximum Gasteiger partial charge on any atom is 0.416 e. The van der Waals surface area contributed by atoms with Crippen molar-refractivity contribution >= 4 is 23.1 Å². The second-order valence-corrected chi connectivity index (χ2v) is 11.7. The fraction of sp³-hybridized carbons (Fsp3) is 0.294. The SMILES string of the molecule is CC(C)(C(=O)Cc1cncn1Cc1ccc(C#N)cc1)C(N)N(Cc1ccccc1C(F)(F)F)C(=S)NCCc1ccccc1. The Kier molecular flexibility index (Phi) is 10.8. The van der Waals surface area contributed by atoms with Gasteiger partial charge >= 0.3 is 6.18 Å². The van der Waals surface area contributed by atoms with Crippen LogP contribution >= 0.6 is 12.2 Å². The topological polar surface area (TPSA) is 100.0 Å². The Morgan fingerprint density at radius 1 is 1.04 bits per heavy atom. The summed E-state index contributed by atoms with van der Waals surface area (Å²) in [5.41, 5.74) is 7.94. The molecule has 0 spiro atoms. The molecule has 0 aliphatic heterocycles. The maximum atomic E-state index is 13.9. The number of nitrogens with two attached hydrogens (primary N) is 1. The zero-order chi connectivity index (χ0) is 32.6. The average Bonchev–Trinajstić information content (AvgIpc) is 3.46. The molecule has 45 heavy (non-hydrogen) atoms. The van der Waals surface area contributed by atoms with Crippen LogP contribution in [0.5, 0.6) is 0 Å². The Bertz CT molecular complexity index is 1640. The van der Waals surface area contributed by atoms with E-state index in [1.165, 1.54) is 23.1 Å². The molecule has 0 amide bonds. The quantitative estimate of drug-likeness (QED) is 0.149. The predicted octanol–water partition coefficient (Wildman–Crippen LogP) is 5.86. The first kappa shape index (κ1) is 33.4. The number of alkyl halides is 3. The Morgan fingerprint density at radius 3 is 2.38 bits per heavy atom. The van der Waals surface area contributed by atoms with Crippen molar-refractivity contribution in [1.29, 1.82) is 5.26 Å². The number of halogens is 3. The number of ketones is 1. The van der Waals surface area contributed by atoms with Gasteiger partial charge in [-0.25, -0.2) is 4.98 Å². The number of hydrogen-bond acceptors (Lipinski definition) is 5. The van der Waals surface area contributed by atoms with Crippen LogP contribution in [0, 0.1) is 16.7 Å². The first-order valence-corrected chi connectivity index (χ1v) is 14.8. The molecule has 3 aromatic carbocycles. The average molecular weight is 633 g/mol. The summed E-state index contributed by atoms with van der Waals surface area (Å²) in [6, 6.07) is 24.2. The highest BCUT2D eigenvalue weighted by molar-refractivity contribution is 7.80. The third-order valence-corrected chi connectivity index (χ3v) is 8.21. The minimum atomic E-state index is -4.58. The van der Waals surface area contributed by atoms with E-state index < -0.39 is 23.3 Å². The Balaban J connectivity index is 1.55. The Hall–Kier alpha value is -4.53. The maximum absolute atomic E-state index is 13.9. The fourth-order valence-electron chi connectivity index (χ4n) is 4.94. The number of carbonyl (C=O) groups excluding carboxylic acids is 1. The highest BCUT2D eigenvalue weighted by atomic mass is 32.1. The highest BCUT2D eigenvalue weighted by Gasteiger charge is 2.40. The lowest BCUT2D eigenvalue weighted by atomic mass is 9.82. The molecule has 0 aliphatic rings. The number of aromatic nitrogens is 2. The molecule has 1 atom stereocenters. The zero-order valence-corrected chi connectivity index (χ0v) is 25.9. The van der Waals surface area contributed by atoms with Crippen LogP contribution in [0.4, 0.5) is 13.2 Å². The van der Waals surface area contributed by atoms with Gasteiger partial charge in [-0.1, -0.05) is 60.7 Å². The van der Waals surface area contributed by atoms with E-state index in [0.29, 0.717) is 30.8 Å². The summed E-state index contributed by atoms with van der Waals surface area (Å²) in [7, 11) is 0. The lowest BCUT2D eigenvalue weighted by molar-refractivity contribution is -0.138. The van der Waals surface area contributed by atoms with Crippen molar-refractivity contribution in [3.8, 4) is 6.07 Å². The van der Waals surface area contributed by atoms with Gasteiger partial charge in [-0.2, -0.15) is 18.4 Å². The molecule has 1 heterocycles. The molecule has 0 fully saturated rings. The van der Waals surface area contributed by atoms with E-state index in [-0.39, 0.29) is 29.4 Å². The minimum Gasteiger partial charge on any atom is -0.362 e. The summed E-state index contributed by atoms with van der Waals surface area (Å²) in [5, 5.41) is 12.4. The van der Waals surface area contributed by atoms with Gasteiger partial charge in [-0.3, -0.25) is 4.79 Å². The second-order valence-electron chi connectivity index (χ2n) is 11.3. The lowest BCUT2D eigenvalue weighted by Gasteiger charge is -2.40. The molecule has 1 unspecified atom stereocenters. The zero-order valence-electron chi connectivity index (χ0n) is 25.1. The smallest absolute Gasteiger partial charge is 0.362 e. The molecule has 0 saturated heterocycles. The van der Waals surface area contributed by atoms with E-state index in [4.69, 9.17) is 23.2 Å². The van der Waals surface area contributed by atoms with Gasteiger partial charge in [0.1, 0.15) is 5.78 Å². The number of carbonyl (C=O) groups is 1. The molecule has 234 valence electrons. The van der Waals surface area contributed by atoms with Gasteiger partial charge in [0, 0.05) is 37.9 Å². The fourth-order valence-corrected chi connectivity index (χ4v) is 5.22. The van der Waals surface area contributed by atoms with E-state index in [9.17, 15) is 18.0 Å². The van der Waals surface area contributed by atoms with E-state index in [1.807, 2.05) is 47.0 Å². The molecule has 11 heteroatoms. The first-order chi connectivity index (χ1) is 21.4. The number of thiocarbonyl (C=S) groups is 1. The summed E-state index contributed by atoms with van der Waals surface area (Å²) in [6.07, 6.45) is -1.77. The molecule has 0 bridgehead atoms. The number of nitriles is 1. The van der Waals surface area contributed by atoms with Gasteiger partial charge in [0.15, 0.2) is 5.11 Å². The van der Waals surface area contributed by atoms with Crippen molar-refractivity contribution in [2.75, 3.05) is 6.54 Å². The number of imidazole rings is 1. The van der Waals surface area contributed by atoms with Crippen LogP contribution in [0.2, 0.25) is 0 Å². The summed E-state index contributed by atoms with van der Waals surface area (Å²) < 4.78 is 43.6. The van der Waals surface area contributed by atoms with Gasteiger partial charge in [0.2, 0.25) is 0 Å². The molecular formula is C34H35F3N6OS. The number of nitrogens with one attached hydrogen (secondary N) is 1. The third kappa shape index (κ3) is 8.56. The van der Waals surface area contributed by atoms with Crippen molar-refractivity contribution < 1.29 is 18.0 Å². The minimum absolute atomic E-state index is 0.00183. The van der Waals surface area contributed by atoms with Crippen LogP contribution in [0.25, 0.3) is 0 Å². The summed E-state index contributed by atoms with van der Waals surface area (Å²) >= 11 is 5.69. The molecule has 7 nitrogen and oxygen atoms in total.